The number of aromatic nitrogens is 2. The molecule has 0 saturated carbocycles. The summed E-state index contributed by atoms with van der Waals surface area (Å²) in [5, 5.41) is 14.5. The van der Waals surface area contributed by atoms with Crippen LogP contribution in [0.25, 0.3) is 22.5 Å². The topological polar surface area (TPSA) is 64.3 Å². The predicted octanol–water partition coefficient (Wildman–Crippen LogP) is 2.83. The van der Waals surface area contributed by atoms with Crippen molar-refractivity contribution in [2.45, 2.75) is 0 Å². The third-order valence-electron chi connectivity index (χ3n) is 3.65. The lowest BCUT2D eigenvalue weighted by Crippen LogP contribution is -1.96. The lowest BCUT2D eigenvalue weighted by atomic mass is 10.1. The van der Waals surface area contributed by atoms with Gasteiger partial charge in [-0.25, -0.2) is 0 Å². The summed E-state index contributed by atoms with van der Waals surface area (Å²) >= 11 is 0. The van der Waals surface area contributed by atoms with Gasteiger partial charge in [0.2, 0.25) is 5.43 Å². The van der Waals surface area contributed by atoms with Crippen LogP contribution in [0.3, 0.4) is 0 Å². The van der Waals surface area contributed by atoms with Gasteiger partial charge in [-0.05, 0) is 42.5 Å². The molecule has 0 aliphatic carbocycles. The summed E-state index contributed by atoms with van der Waals surface area (Å²) in [7, 11) is 3.44. The second-order valence-electron chi connectivity index (χ2n) is 5.11. The van der Waals surface area contributed by atoms with Gasteiger partial charge in [0, 0.05) is 18.2 Å². The predicted molar refractivity (Wildman–Crippen MR) is 88.6 cm³/mol. The fourth-order valence-corrected chi connectivity index (χ4v) is 2.42. The van der Waals surface area contributed by atoms with Crippen LogP contribution < -0.4 is 10.2 Å². The molecule has 3 rings (SSSR count). The molecule has 0 bridgehead atoms. The van der Waals surface area contributed by atoms with Gasteiger partial charge in [0.15, 0.2) is 5.75 Å². The fourth-order valence-electron chi connectivity index (χ4n) is 2.42. The van der Waals surface area contributed by atoms with E-state index in [-0.39, 0.29) is 5.75 Å². The Hall–Kier alpha value is -3.08. The molecular formula is C18H16N2O3. The number of nitrogens with zero attached hydrogens (tertiary/aromatic N) is 2. The number of hydrogen-bond acceptors (Lipinski definition) is 4. The first-order valence-corrected chi connectivity index (χ1v) is 7.11. The molecule has 0 atom stereocenters. The van der Waals surface area contributed by atoms with Crippen molar-refractivity contribution in [2.24, 2.45) is 7.05 Å². The zero-order valence-electron chi connectivity index (χ0n) is 12.9. The Bertz CT molecular complexity index is 899. The maximum absolute atomic E-state index is 11.7. The highest BCUT2D eigenvalue weighted by Crippen LogP contribution is 2.29. The van der Waals surface area contributed by atoms with Gasteiger partial charge in [0.1, 0.15) is 5.75 Å². The van der Waals surface area contributed by atoms with Crippen molar-refractivity contribution in [3.05, 3.63) is 64.8 Å². The summed E-state index contributed by atoms with van der Waals surface area (Å²) in [5.41, 5.74) is 2.37. The molecule has 0 saturated heterocycles. The Morgan fingerprint density at radius 3 is 2.48 bits per heavy atom. The zero-order chi connectivity index (χ0) is 16.4. The van der Waals surface area contributed by atoms with Gasteiger partial charge in [0.05, 0.1) is 18.5 Å². The molecule has 0 fully saturated rings. The minimum atomic E-state index is -0.429. The van der Waals surface area contributed by atoms with Gasteiger partial charge in [-0.15, -0.1) is 0 Å². The molecule has 3 aromatic rings. The summed E-state index contributed by atoms with van der Waals surface area (Å²) in [6, 6.07) is 15.8. The first-order valence-electron chi connectivity index (χ1n) is 7.11. The highest BCUT2D eigenvalue weighted by atomic mass is 16.5. The number of methoxy groups -OCH3 is 1. The van der Waals surface area contributed by atoms with E-state index in [4.69, 9.17) is 4.74 Å². The summed E-state index contributed by atoms with van der Waals surface area (Å²) in [4.78, 5) is 11.7. The van der Waals surface area contributed by atoms with Crippen molar-refractivity contribution in [3.8, 4) is 34.0 Å². The monoisotopic (exact) mass is 308 g/mol. The quantitative estimate of drug-likeness (QED) is 0.808. The van der Waals surface area contributed by atoms with Crippen LogP contribution in [-0.2, 0) is 7.05 Å². The third kappa shape index (κ3) is 2.81. The molecular weight excluding hydrogens is 292 g/mol. The van der Waals surface area contributed by atoms with E-state index in [0.717, 1.165) is 17.0 Å². The Labute approximate surface area is 133 Å². The largest absolute Gasteiger partial charge is 0.504 e. The normalized spacial score (nSPS) is 10.5. The zero-order valence-corrected chi connectivity index (χ0v) is 12.9. The first kappa shape index (κ1) is 14.8. The molecule has 0 radical (unpaired) electrons. The minimum Gasteiger partial charge on any atom is -0.504 e. The van der Waals surface area contributed by atoms with Gasteiger partial charge < -0.3 is 9.84 Å². The van der Waals surface area contributed by atoms with E-state index in [1.54, 1.807) is 30.0 Å². The highest BCUT2D eigenvalue weighted by molar-refractivity contribution is 5.72. The van der Waals surface area contributed by atoms with Gasteiger partial charge in [-0.3, -0.25) is 9.48 Å². The van der Waals surface area contributed by atoms with E-state index in [1.807, 2.05) is 37.4 Å². The van der Waals surface area contributed by atoms with Crippen LogP contribution in [0.15, 0.2) is 59.4 Å². The number of ether oxygens (including phenoxy) is 1. The summed E-state index contributed by atoms with van der Waals surface area (Å²) in [5.74, 6) is 0.481. The first-order chi connectivity index (χ1) is 11.1. The van der Waals surface area contributed by atoms with E-state index in [0.29, 0.717) is 11.3 Å². The van der Waals surface area contributed by atoms with E-state index in [1.165, 1.54) is 6.07 Å². The molecule has 0 aliphatic heterocycles. The number of hydrogen-bond donors (Lipinski definition) is 1. The van der Waals surface area contributed by atoms with E-state index in [2.05, 4.69) is 5.10 Å². The van der Waals surface area contributed by atoms with E-state index < -0.39 is 5.43 Å². The molecule has 5 heteroatoms. The molecule has 0 amide bonds. The van der Waals surface area contributed by atoms with Crippen LogP contribution in [0.4, 0.5) is 0 Å². The molecule has 116 valence electrons. The average Bonchev–Trinajstić information content (AvgIpc) is 2.87. The maximum Gasteiger partial charge on any atom is 0.220 e. The van der Waals surface area contributed by atoms with Crippen molar-refractivity contribution in [1.29, 1.82) is 0 Å². The lowest BCUT2D eigenvalue weighted by Gasteiger charge is -2.03. The number of aromatic hydroxyl groups is 1. The van der Waals surface area contributed by atoms with Crippen LogP contribution in [0.5, 0.6) is 11.5 Å². The highest BCUT2D eigenvalue weighted by Gasteiger charge is 2.13. The Morgan fingerprint density at radius 2 is 1.78 bits per heavy atom. The van der Waals surface area contributed by atoms with E-state index in [9.17, 15) is 9.90 Å². The summed E-state index contributed by atoms with van der Waals surface area (Å²) in [6.45, 7) is 0. The smallest absolute Gasteiger partial charge is 0.220 e. The number of benzene rings is 1. The fraction of sp³-hybridized carbons (Fsp3) is 0.111. The van der Waals surface area contributed by atoms with Gasteiger partial charge in [0.25, 0.3) is 0 Å². The van der Waals surface area contributed by atoms with Gasteiger partial charge in [-0.1, -0.05) is 12.1 Å². The van der Waals surface area contributed by atoms with Crippen LogP contribution >= 0.6 is 0 Å². The van der Waals surface area contributed by atoms with Crippen LogP contribution in [0, 0.1) is 0 Å². The van der Waals surface area contributed by atoms with Crippen LogP contribution in [0.1, 0.15) is 0 Å². The molecule has 0 spiro atoms. The van der Waals surface area contributed by atoms with E-state index >= 15 is 0 Å². The number of rotatable bonds is 3. The molecule has 1 heterocycles. The number of aryl methyl sites for hydroxylation is 1. The maximum atomic E-state index is 11.7. The van der Waals surface area contributed by atoms with Crippen molar-refractivity contribution in [1.82, 2.24) is 9.78 Å². The Morgan fingerprint density at radius 1 is 1.09 bits per heavy atom. The van der Waals surface area contributed by atoms with Crippen molar-refractivity contribution >= 4 is 0 Å². The molecule has 0 unspecified atom stereocenters. The summed E-state index contributed by atoms with van der Waals surface area (Å²) < 4.78 is 6.88. The molecule has 23 heavy (non-hydrogen) atoms. The standard InChI is InChI=1S/C18H16N2O3/c1-20-16(12-7-9-13(23-2)10-8-12)11-15(19-20)14-5-3-4-6-17(21)18(14)22/h3-11H,1-2H3,(H,21,22). The van der Waals surface area contributed by atoms with Crippen molar-refractivity contribution in [2.75, 3.05) is 7.11 Å². The molecule has 1 aromatic heterocycles. The Kier molecular flexibility index (Phi) is 3.85. The SMILES string of the molecule is COc1ccc(-c2cc(-c3ccccc(=O)c3O)nn2C)cc1. The van der Waals surface area contributed by atoms with Crippen molar-refractivity contribution in [3.63, 3.8) is 0 Å². The van der Waals surface area contributed by atoms with Gasteiger partial charge in [-0.2, -0.15) is 5.10 Å². The van der Waals surface area contributed by atoms with Gasteiger partial charge >= 0.3 is 0 Å². The average molecular weight is 308 g/mol. The minimum absolute atomic E-state index is 0.297. The Balaban J connectivity index is 2.10. The van der Waals surface area contributed by atoms with Crippen molar-refractivity contribution < 1.29 is 9.84 Å². The summed E-state index contributed by atoms with van der Waals surface area (Å²) in [6.07, 6.45) is 0. The molecule has 5 nitrogen and oxygen atoms in total. The third-order valence-corrected chi connectivity index (χ3v) is 3.65. The van der Waals surface area contributed by atoms with Crippen LogP contribution in [-0.4, -0.2) is 22.0 Å². The molecule has 2 aromatic carbocycles. The van der Waals surface area contributed by atoms with Crippen LogP contribution in [0.2, 0.25) is 0 Å². The molecule has 1 N–H and O–H groups in total. The molecule has 0 aliphatic rings. The second-order valence-corrected chi connectivity index (χ2v) is 5.11. The second kappa shape index (κ2) is 5.96. The lowest BCUT2D eigenvalue weighted by molar-refractivity contribution is 0.415.